The Morgan fingerprint density at radius 3 is 2.36 bits per heavy atom. The molecule has 3 saturated carbocycles. The minimum atomic E-state index is -2.62. The van der Waals surface area contributed by atoms with Crippen molar-refractivity contribution in [2.24, 2.45) is 29.4 Å². The predicted octanol–water partition coefficient (Wildman–Crippen LogP) is 0.270. The number of carbonyl (C=O) groups excluding carboxylic acids is 5. The summed E-state index contributed by atoms with van der Waals surface area (Å²) >= 11 is 0. The largest absolute Gasteiger partial charge is 0.507 e. The van der Waals surface area contributed by atoms with Gasteiger partial charge in [0.05, 0.1) is 11.5 Å². The first kappa shape index (κ1) is 21.8. The van der Waals surface area contributed by atoms with Crippen LogP contribution in [0, 0.1) is 23.7 Å². The Morgan fingerprint density at radius 2 is 1.79 bits per heavy atom. The fraction of sp³-hybridized carbons (Fsp3) is 0.542. The van der Waals surface area contributed by atoms with Crippen molar-refractivity contribution < 1.29 is 34.2 Å². The lowest BCUT2D eigenvalue weighted by atomic mass is 9.53. The molecular formula is C24H26N2O7. The summed E-state index contributed by atoms with van der Waals surface area (Å²) in [4.78, 5) is 66.2. The van der Waals surface area contributed by atoms with Gasteiger partial charge in [0.1, 0.15) is 5.75 Å². The zero-order valence-electron chi connectivity index (χ0n) is 18.5. The highest BCUT2D eigenvalue weighted by Crippen LogP contribution is 2.54. The van der Waals surface area contributed by atoms with E-state index in [1.54, 1.807) is 0 Å². The molecular weight excluding hydrogens is 428 g/mol. The van der Waals surface area contributed by atoms with Crippen molar-refractivity contribution in [1.29, 1.82) is 0 Å². The molecule has 4 aliphatic rings. The number of Topliss-reactive ketones (excluding diaryl/α,β-unsaturated/α-hetero) is 4. The number of nitrogens with two attached hydrogens (primary N) is 1. The molecule has 0 bridgehead atoms. The molecule has 0 aliphatic heterocycles. The number of primary amides is 1. The summed E-state index contributed by atoms with van der Waals surface area (Å²) in [5.41, 5.74) is 4.75. The molecule has 5 atom stereocenters. The first-order valence-electron chi connectivity index (χ1n) is 11.2. The number of fused-ring (bicyclic) bond motifs is 3. The summed E-state index contributed by atoms with van der Waals surface area (Å²) in [6.45, 7) is 0. The summed E-state index contributed by atoms with van der Waals surface area (Å²) in [7, 11) is 3.68. The van der Waals surface area contributed by atoms with Gasteiger partial charge < -0.3 is 20.8 Å². The van der Waals surface area contributed by atoms with Crippen molar-refractivity contribution >= 4 is 34.7 Å². The summed E-state index contributed by atoms with van der Waals surface area (Å²) in [6.07, 6.45) is 1.85. The minimum Gasteiger partial charge on any atom is -0.507 e. The number of aromatic hydroxyl groups is 1. The maximum absolute atomic E-state index is 13.7. The van der Waals surface area contributed by atoms with Gasteiger partial charge in [-0.25, -0.2) is 0 Å². The zero-order valence-corrected chi connectivity index (χ0v) is 18.5. The molecule has 4 aliphatic carbocycles. The van der Waals surface area contributed by atoms with Crippen LogP contribution >= 0.6 is 0 Å². The number of anilines is 1. The minimum absolute atomic E-state index is 0.0746. The molecule has 2 unspecified atom stereocenters. The van der Waals surface area contributed by atoms with E-state index < -0.39 is 58.3 Å². The van der Waals surface area contributed by atoms with Crippen LogP contribution < -0.4 is 10.6 Å². The monoisotopic (exact) mass is 454 g/mol. The number of ketones is 4. The number of amides is 1. The van der Waals surface area contributed by atoms with Gasteiger partial charge in [-0.2, -0.15) is 0 Å². The Hall–Kier alpha value is -3.07. The number of hydrogen-bond acceptors (Lipinski definition) is 8. The average Bonchev–Trinajstić information content (AvgIpc) is 3.55. The van der Waals surface area contributed by atoms with E-state index in [0.717, 1.165) is 18.5 Å². The average molecular weight is 454 g/mol. The molecule has 9 nitrogen and oxygen atoms in total. The normalized spacial score (nSPS) is 33.3. The van der Waals surface area contributed by atoms with Gasteiger partial charge in [-0.15, -0.1) is 0 Å². The highest BCUT2D eigenvalue weighted by atomic mass is 16.3. The molecule has 0 heterocycles. The highest BCUT2D eigenvalue weighted by Gasteiger charge is 2.66. The maximum Gasteiger partial charge on any atom is 0.235 e. The molecule has 1 amide bonds. The lowest BCUT2D eigenvalue weighted by Gasteiger charge is -2.48. The fourth-order valence-corrected chi connectivity index (χ4v) is 6.14. The molecule has 3 fully saturated rings. The Bertz CT molecular complexity index is 1150. The zero-order chi connectivity index (χ0) is 24.0. The van der Waals surface area contributed by atoms with E-state index in [9.17, 15) is 34.2 Å². The second kappa shape index (κ2) is 6.96. The predicted molar refractivity (Wildman–Crippen MR) is 115 cm³/mol. The Labute approximate surface area is 189 Å². The number of carbonyl (C=O) groups is 5. The lowest BCUT2D eigenvalue weighted by molar-refractivity contribution is -0.175. The van der Waals surface area contributed by atoms with Gasteiger partial charge in [0, 0.05) is 32.1 Å². The molecule has 4 N–H and O–H groups in total. The SMILES string of the molecule is CN(C)c1cc(C2CC2)c(O)c2c1C[C@H]1C[C@H]3CC(=O)C(C(N)=O)C(=O)[C@@]3(O)C(=O)C1C2=O. The van der Waals surface area contributed by atoms with Crippen LogP contribution in [0.5, 0.6) is 5.75 Å². The number of aliphatic hydroxyl groups is 1. The molecule has 174 valence electrons. The first-order chi connectivity index (χ1) is 15.5. The molecule has 5 rings (SSSR count). The van der Waals surface area contributed by atoms with Gasteiger partial charge in [-0.1, -0.05) is 0 Å². The van der Waals surface area contributed by atoms with Crippen LogP contribution in [0.4, 0.5) is 5.69 Å². The van der Waals surface area contributed by atoms with Crippen molar-refractivity contribution in [2.45, 2.75) is 43.6 Å². The van der Waals surface area contributed by atoms with E-state index in [1.165, 1.54) is 0 Å². The second-order valence-electron chi connectivity index (χ2n) is 10.1. The fourth-order valence-electron chi connectivity index (χ4n) is 6.14. The van der Waals surface area contributed by atoms with Gasteiger partial charge in [0.25, 0.3) is 0 Å². The third-order valence-corrected chi connectivity index (χ3v) is 7.91. The molecule has 0 spiro atoms. The summed E-state index contributed by atoms with van der Waals surface area (Å²) in [5, 5.41) is 22.3. The molecule has 0 radical (unpaired) electrons. The Balaban J connectivity index is 1.63. The lowest BCUT2D eigenvalue weighted by Crippen LogP contribution is -2.68. The van der Waals surface area contributed by atoms with Crippen LogP contribution in [0.15, 0.2) is 6.07 Å². The number of phenolic OH excluding ortho intramolecular Hbond substituents is 1. The van der Waals surface area contributed by atoms with Crippen LogP contribution in [0.3, 0.4) is 0 Å². The molecule has 1 aromatic carbocycles. The maximum atomic E-state index is 13.7. The topological polar surface area (TPSA) is 155 Å². The van der Waals surface area contributed by atoms with Gasteiger partial charge in [0.15, 0.2) is 34.7 Å². The van der Waals surface area contributed by atoms with Crippen molar-refractivity contribution in [1.82, 2.24) is 0 Å². The van der Waals surface area contributed by atoms with Crippen LogP contribution in [0.25, 0.3) is 0 Å². The van der Waals surface area contributed by atoms with Gasteiger partial charge >= 0.3 is 0 Å². The molecule has 1 aromatic rings. The van der Waals surface area contributed by atoms with Gasteiger partial charge in [-0.3, -0.25) is 24.0 Å². The number of nitrogens with zero attached hydrogens (tertiary/aromatic N) is 1. The van der Waals surface area contributed by atoms with E-state index in [-0.39, 0.29) is 36.5 Å². The summed E-state index contributed by atoms with van der Waals surface area (Å²) in [5.74, 6) is -9.54. The van der Waals surface area contributed by atoms with E-state index in [1.807, 2.05) is 25.1 Å². The Morgan fingerprint density at radius 1 is 1.12 bits per heavy atom. The van der Waals surface area contributed by atoms with E-state index >= 15 is 0 Å². The Kier molecular flexibility index (Phi) is 4.59. The molecule has 0 saturated heterocycles. The van der Waals surface area contributed by atoms with E-state index in [2.05, 4.69) is 0 Å². The third kappa shape index (κ3) is 2.84. The van der Waals surface area contributed by atoms with Crippen molar-refractivity contribution in [3.63, 3.8) is 0 Å². The van der Waals surface area contributed by atoms with Gasteiger partial charge in [0.2, 0.25) is 5.91 Å². The number of hydrogen-bond donors (Lipinski definition) is 3. The summed E-state index contributed by atoms with van der Waals surface area (Å²) in [6, 6.07) is 1.89. The summed E-state index contributed by atoms with van der Waals surface area (Å²) < 4.78 is 0. The van der Waals surface area contributed by atoms with Crippen LogP contribution in [-0.2, 0) is 25.6 Å². The standard InChI is InChI=1S/C24H26N2O7/c1-26(2)14-8-12(9-3-4-9)19(28)17-13(14)6-10-5-11-7-15(27)18(23(25)32)22(31)24(11,33)21(30)16(10)20(17)29/h8-11,16,18,28,33H,3-7H2,1-2H3,(H2,25,32)/t10-,11+,16?,18?,24+/m1/s1. The highest BCUT2D eigenvalue weighted by molar-refractivity contribution is 6.31. The first-order valence-corrected chi connectivity index (χ1v) is 11.2. The number of benzene rings is 1. The van der Waals surface area contributed by atoms with Crippen LogP contribution in [0.1, 0.15) is 53.1 Å². The van der Waals surface area contributed by atoms with Crippen LogP contribution in [-0.4, -0.2) is 58.9 Å². The quantitative estimate of drug-likeness (QED) is 0.550. The molecule has 9 heteroatoms. The van der Waals surface area contributed by atoms with Gasteiger partial charge in [-0.05, 0) is 54.7 Å². The van der Waals surface area contributed by atoms with E-state index in [4.69, 9.17) is 5.73 Å². The van der Waals surface area contributed by atoms with Crippen LogP contribution in [0.2, 0.25) is 0 Å². The van der Waals surface area contributed by atoms with Crippen molar-refractivity contribution in [3.05, 3.63) is 22.8 Å². The van der Waals surface area contributed by atoms with Crippen molar-refractivity contribution in [3.8, 4) is 5.75 Å². The van der Waals surface area contributed by atoms with Crippen molar-refractivity contribution in [2.75, 3.05) is 19.0 Å². The third-order valence-electron chi connectivity index (χ3n) is 7.91. The number of rotatable bonds is 3. The molecule has 0 aromatic heterocycles. The smallest absolute Gasteiger partial charge is 0.235 e. The molecule has 33 heavy (non-hydrogen) atoms. The second-order valence-corrected chi connectivity index (χ2v) is 10.1. The number of phenols is 1. The van der Waals surface area contributed by atoms with E-state index in [0.29, 0.717) is 11.1 Å².